The van der Waals surface area contributed by atoms with E-state index in [2.05, 4.69) is 38.9 Å². The van der Waals surface area contributed by atoms with Gasteiger partial charge in [0.2, 0.25) is 11.9 Å². The Labute approximate surface area is 126 Å². The molecule has 1 fully saturated rings. The van der Waals surface area contributed by atoms with Gasteiger partial charge < -0.3 is 10.2 Å². The number of piperazine rings is 1. The molecule has 2 heterocycles. The molecule has 21 heavy (non-hydrogen) atoms. The normalized spacial score (nSPS) is 17.5. The Morgan fingerprint density at radius 3 is 2.57 bits per heavy atom. The minimum atomic E-state index is 0.125. The third-order valence-corrected chi connectivity index (χ3v) is 3.70. The smallest absolute Gasteiger partial charge is 0.234 e. The molecule has 0 bridgehead atoms. The van der Waals surface area contributed by atoms with Crippen molar-refractivity contribution in [3.8, 4) is 0 Å². The van der Waals surface area contributed by atoms with E-state index in [0.717, 1.165) is 45.0 Å². The van der Waals surface area contributed by atoms with Crippen LogP contribution in [0.3, 0.4) is 0 Å². The maximum absolute atomic E-state index is 12.0. The molecule has 1 atom stereocenters. The van der Waals surface area contributed by atoms with Crippen LogP contribution >= 0.6 is 0 Å². The highest BCUT2D eigenvalue weighted by Crippen LogP contribution is 2.09. The molecule has 1 N–H and O–H groups in total. The van der Waals surface area contributed by atoms with E-state index in [1.807, 2.05) is 6.07 Å². The predicted molar refractivity (Wildman–Crippen MR) is 83.2 cm³/mol. The van der Waals surface area contributed by atoms with Crippen molar-refractivity contribution in [1.29, 1.82) is 0 Å². The standard InChI is InChI=1S/C15H25N5O/c1-3-5-13(2)18-14(21)12-19-8-10-20(11-9-19)15-16-6-4-7-17-15/h4,6-7,13H,3,5,8-12H2,1-2H3,(H,18,21). The monoisotopic (exact) mass is 291 g/mol. The molecule has 116 valence electrons. The SMILES string of the molecule is CCCC(C)NC(=O)CN1CCN(c2ncccn2)CC1. The Morgan fingerprint density at radius 1 is 1.29 bits per heavy atom. The minimum absolute atomic E-state index is 0.125. The van der Waals surface area contributed by atoms with E-state index < -0.39 is 0 Å². The number of aromatic nitrogens is 2. The third-order valence-electron chi connectivity index (χ3n) is 3.70. The van der Waals surface area contributed by atoms with Gasteiger partial charge in [0.15, 0.2) is 0 Å². The van der Waals surface area contributed by atoms with E-state index in [0.29, 0.717) is 6.54 Å². The van der Waals surface area contributed by atoms with Crippen molar-refractivity contribution in [2.75, 3.05) is 37.6 Å². The number of hydrogen-bond acceptors (Lipinski definition) is 5. The van der Waals surface area contributed by atoms with Crippen molar-refractivity contribution < 1.29 is 4.79 Å². The van der Waals surface area contributed by atoms with Gasteiger partial charge in [0.05, 0.1) is 6.54 Å². The second-order valence-corrected chi connectivity index (χ2v) is 5.57. The molecule has 0 aliphatic carbocycles. The van der Waals surface area contributed by atoms with Crippen molar-refractivity contribution in [3.05, 3.63) is 18.5 Å². The highest BCUT2D eigenvalue weighted by molar-refractivity contribution is 5.78. The number of anilines is 1. The first kappa shape index (κ1) is 15.7. The molecular weight excluding hydrogens is 266 g/mol. The molecule has 1 saturated heterocycles. The zero-order valence-electron chi connectivity index (χ0n) is 13.0. The van der Waals surface area contributed by atoms with Crippen LogP contribution in [0.1, 0.15) is 26.7 Å². The number of amides is 1. The van der Waals surface area contributed by atoms with Crippen LogP contribution in [0.15, 0.2) is 18.5 Å². The van der Waals surface area contributed by atoms with Crippen LogP contribution in [-0.2, 0) is 4.79 Å². The Balaban J connectivity index is 1.73. The summed E-state index contributed by atoms with van der Waals surface area (Å²) in [5.74, 6) is 0.901. The number of rotatable bonds is 6. The van der Waals surface area contributed by atoms with Crippen molar-refractivity contribution in [2.24, 2.45) is 0 Å². The maximum atomic E-state index is 12.0. The van der Waals surface area contributed by atoms with Gasteiger partial charge >= 0.3 is 0 Å². The average molecular weight is 291 g/mol. The van der Waals surface area contributed by atoms with Gasteiger partial charge in [-0.15, -0.1) is 0 Å². The second-order valence-electron chi connectivity index (χ2n) is 5.57. The minimum Gasteiger partial charge on any atom is -0.353 e. The van der Waals surface area contributed by atoms with E-state index in [1.165, 1.54) is 0 Å². The lowest BCUT2D eigenvalue weighted by Crippen LogP contribution is -2.50. The molecular formula is C15H25N5O. The van der Waals surface area contributed by atoms with E-state index in [-0.39, 0.29) is 11.9 Å². The number of carbonyl (C=O) groups excluding carboxylic acids is 1. The molecule has 2 rings (SSSR count). The number of nitrogens with one attached hydrogen (secondary N) is 1. The molecule has 6 nitrogen and oxygen atoms in total. The molecule has 6 heteroatoms. The average Bonchev–Trinajstić information content (AvgIpc) is 2.49. The van der Waals surface area contributed by atoms with E-state index in [9.17, 15) is 4.79 Å². The molecule has 0 spiro atoms. The van der Waals surface area contributed by atoms with Gasteiger partial charge in [0.1, 0.15) is 0 Å². The van der Waals surface area contributed by atoms with Crippen LogP contribution in [0.4, 0.5) is 5.95 Å². The first-order chi connectivity index (χ1) is 10.2. The molecule has 0 radical (unpaired) electrons. The Bertz CT molecular complexity index is 431. The van der Waals surface area contributed by atoms with Gasteiger partial charge in [0, 0.05) is 44.6 Å². The predicted octanol–water partition coefficient (Wildman–Crippen LogP) is 0.903. The maximum Gasteiger partial charge on any atom is 0.234 e. The molecule has 1 amide bonds. The summed E-state index contributed by atoms with van der Waals surface area (Å²) >= 11 is 0. The fourth-order valence-electron chi connectivity index (χ4n) is 2.59. The summed E-state index contributed by atoms with van der Waals surface area (Å²) in [5, 5.41) is 3.05. The second kappa shape index (κ2) is 7.93. The van der Waals surface area contributed by atoms with Gasteiger partial charge in [-0.1, -0.05) is 13.3 Å². The van der Waals surface area contributed by atoms with Crippen LogP contribution in [0.5, 0.6) is 0 Å². The van der Waals surface area contributed by atoms with Crippen molar-refractivity contribution in [3.63, 3.8) is 0 Å². The fourth-order valence-corrected chi connectivity index (χ4v) is 2.59. The lowest BCUT2D eigenvalue weighted by Gasteiger charge is -2.34. The van der Waals surface area contributed by atoms with Gasteiger partial charge in [-0.2, -0.15) is 0 Å². The lowest BCUT2D eigenvalue weighted by atomic mass is 10.2. The summed E-state index contributed by atoms with van der Waals surface area (Å²) in [6.45, 7) is 8.14. The lowest BCUT2D eigenvalue weighted by molar-refractivity contribution is -0.122. The topological polar surface area (TPSA) is 61.4 Å². The molecule has 0 saturated carbocycles. The highest BCUT2D eigenvalue weighted by atomic mass is 16.2. The third kappa shape index (κ3) is 4.97. The first-order valence-corrected chi connectivity index (χ1v) is 7.72. The number of carbonyl (C=O) groups is 1. The van der Waals surface area contributed by atoms with Crippen LogP contribution < -0.4 is 10.2 Å². The zero-order chi connectivity index (χ0) is 15.1. The van der Waals surface area contributed by atoms with Crippen LogP contribution in [0, 0.1) is 0 Å². The van der Waals surface area contributed by atoms with Gasteiger partial charge in [-0.05, 0) is 19.4 Å². The Morgan fingerprint density at radius 2 is 1.95 bits per heavy atom. The fraction of sp³-hybridized carbons (Fsp3) is 0.667. The van der Waals surface area contributed by atoms with Crippen LogP contribution in [-0.4, -0.2) is 59.5 Å². The van der Waals surface area contributed by atoms with E-state index >= 15 is 0 Å². The van der Waals surface area contributed by atoms with Gasteiger partial charge in [-0.25, -0.2) is 9.97 Å². The first-order valence-electron chi connectivity index (χ1n) is 7.72. The number of nitrogens with zero attached hydrogens (tertiary/aromatic N) is 4. The molecule has 1 aromatic heterocycles. The highest BCUT2D eigenvalue weighted by Gasteiger charge is 2.20. The van der Waals surface area contributed by atoms with Crippen molar-refractivity contribution in [2.45, 2.75) is 32.7 Å². The van der Waals surface area contributed by atoms with Gasteiger partial charge in [0.25, 0.3) is 0 Å². The molecule has 1 aliphatic rings. The van der Waals surface area contributed by atoms with Crippen molar-refractivity contribution >= 4 is 11.9 Å². The summed E-state index contributed by atoms with van der Waals surface area (Å²) in [4.78, 5) is 24.8. The Kier molecular flexibility index (Phi) is 5.92. The summed E-state index contributed by atoms with van der Waals surface area (Å²) in [5.41, 5.74) is 0. The molecule has 1 aromatic rings. The van der Waals surface area contributed by atoms with Gasteiger partial charge in [-0.3, -0.25) is 9.69 Å². The Hall–Kier alpha value is -1.69. The summed E-state index contributed by atoms with van der Waals surface area (Å²) in [7, 11) is 0. The van der Waals surface area contributed by atoms with Crippen molar-refractivity contribution in [1.82, 2.24) is 20.2 Å². The summed E-state index contributed by atoms with van der Waals surface area (Å²) in [6, 6.07) is 2.09. The van der Waals surface area contributed by atoms with Crippen LogP contribution in [0.25, 0.3) is 0 Å². The number of hydrogen-bond donors (Lipinski definition) is 1. The molecule has 0 aromatic carbocycles. The largest absolute Gasteiger partial charge is 0.353 e. The molecule has 1 aliphatic heterocycles. The summed E-state index contributed by atoms with van der Waals surface area (Å²) in [6.07, 6.45) is 5.65. The quantitative estimate of drug-likeness (QED) is 0.844. The van der Waals surface area contributed by atoms with E-state index in [1.54, 1.807) is 12.4 Å². The summed E-state index contributed by atoms with van der Waals surface area (Å²) < 4.78 is 0. The van der Waals surface area contributed by atoms with Crippen LogP contribution in [0.2, 0.25) is 0 Å². The molecule has 1 unspecified atom stereocenters. The van der Waals surface area contributed by atoms with E-state index in [4.69, 9.17) is 0 Å². The zero-order valence-corrected chi connectivity index (χ0v) is 13.0.